The summed E-state index contributed by atoms with van der Waals surface area (Å²) in [5.74, 6) is -0.820. The van der Waals surface area contributed by atoms with Gasteiger partial charge in [-0.25, -0.2) is 4.39 Å². The largest absolute Gasteiger partial charge is 0.395 e. The normalized spacial score (nSPS) is 14.6. The number of ketones is 1. The van der Waals surface area contributed by atoms with Crippen molar-refractivity contribution in [2.45, 2.75) is 19.9 Å². The fourth-order valence-electron chi connectivity index (χ4n) is 1.61. The van der Waals surface area contributed by atoms with Crippen molar-refractivity contribution < 1.29 is 14.3 Å². The standard InChI is InChI=1S/C13H19FN2O2/c1-9(7-16(3)10(2)8-17)13(18)12-5-4-11(14)6-15-12/h4-6,9-10,17H,7-8H2,1-3H3. The molecule has 0 aromatic carbocycles. The van der Waals surface area contributed by atoms with E-state index in [9.17, 15) is 9.18 Å². The molecule has 1 heterocycles. The second kappa shape index (κ2) is 6.56. The summed E-state index contributed by atoms with van der Waals surface area (Å²) in [5, 5.41) is 9.02. The molecule has 0 fully saturated rings. The van der Waals surface area contributed by atoms with E-state index in [1.165, 1.54) is 12.1 Å². The summed E-state index contributed by atoms with van der Waals surface area (Å²) in [6, 6.07) is 2.62. The van der Waals surface area contributed by atoms with Gasteiger partial charge < -0.3 is 10.0 Å². The first kappa shape index (κ1) is 14.7. The van der Waals surface area contributed by atoms with Crippen LogP contribution in [0.1, 0.15) is 24.3 Å². The minimum absolute atomic E-state index is 0.00132. The van der Waals surface area contributed by atoms with Crippen molar-refractivity contribution in [2.75, 3.05) is 20.2 Å². The third-order valence-electron chi connectivity index (χ3n) is 3.01. The van der Waals surface area contributed by atoms with Gasteiger partial charge in [0.15, 0.2) is 5.78 Å². The summed E-state index contributed by atoms with van der Waals surface area (Å²) in [6.45, 7) is 4.26. The molecule has 1 aromatic rings. The quantitative estimate of drug-likeness (QED) is 0.779. The molecule has 1 aromatic heterocycles. The molecule has 0 saturated carbocycles. The van der Waals surface area contributed by atoms with Gasteiger partial charge in [0.2, 0.25) is 0 Å². The molecule has 0 amide bonds. The van der Waals surface area contributed by atoms with Crippen LogP contribution < -0.4 is 0 Å². The lowest BCUT2D eigenvalue weighted by Crippen LogP contribution is -2.37. The zero-order valence-electron chi connectivity index (χ0n) is 10.9. The Bertz CT molecular complexity index is 394. The van der Waals surface area contributed by atoms with Gasteiger partial charge in [-0.05, 0) is 26.1 Å². The van der Waals surface area contributed by atoms with Crippen LogP contribution in [0.15, 0.2) is 18.3 Å². The van der Waals surface area contributed by atoms with Crippen molar-refractivity contribution in [3.8, 4) is 0 Å². The summed E-state index contributed by atoms with van der Waals surface area (Å²) >= 11 is 0. The summed E-state index contributed by atoms with van der Waals surface area (Å²) in [7, 11) is 1.85. The molecular weight excluding hydrogens is 235 g/mol. The number of carbonyl (C=O) groups excluding carboxylic acids is 1. The lowest BCUT2D eigenvalue weighted by Gasteiger charge is -2.25. The molecule has 1 rings (SSSR count). The van der Waals surface area contributed by atoms with Crippen molar-refractivity contribution in [2.24, 2.45) is 5.92 Å². The molecular formula is C13H19FN2O2. The Labute approximate surface area is 106 Å². The number of aliphatic hydroxyl groups excluding tert-OH is 1. The molecule has 4 nitrogen and oxygen atoms in total. The van der Waals surface area contributed by atoms with E-state index in [2.05, 4.69) is 4.98 Å². The second-order valence-corrected chi connectivity index (χ2v) is 4.60. The van der Waals surface area contributed by atoms with Crippen LogP contribution in [0, 0.1) is 11.7 Å². The van der Waals surface area contributed by atoms with Gasteiger partial charge in [0.05, 0.1) is 12.8 Å². The molecule has 100 valence electrons. The lowest BCUT2D eigenvalue weighted by molar-refractivity contribution is 0.0858. The number of carbonyl (C=O) groups is 1. The van der Waals surface area contributed by atoms with Crippen molar-refractivity contribution in [1.82, 2.24) is 9.88 Å². The highest BCUT2D eigenvalue weighted by molar-refractivity contribution is 5.95. The molecule has 5 heteroatoms. The van der Waals surface area contributed by atoms with Crippen LogP contribution in [0.3, 0.4) is 0 Å². The maximum Gasteiger partial charge on any atom is 0.185 e. The van der Waals surface area contributed by atoms with E-state index in [-0.39, 0.29) is 30.0 Å². The van der Waals surface area contributed by atoms with Crippen LogP contribution in [0.4, 0.5) is 4.39 Å². The fraction of sp³-hybridized carbons (Fsp3) is 0.538. The average molecular weight is 254 g/mol. The molecule has 2 atom stereocenters. The Morgan fingerprint density at radius 1 is 1.50 bits per heavy atom. The summed E-state index contributed by atoms with van der Waals surface area (Å²) in [6.07, 6.45) is 1.04. The van der Waals surface area contributed by atoms with Gasteiger partial charge in [0.25, 0.3) is 0 Å². The number of likely N-dealkylation sites (N-methyl/N-ethyl adjacent to an activating group) is 1. The Morgan fingerprint density at radius 3 is 2.67 bits per heavy atom. The summed E-state index contributed by atoms with van der Waals surface area (Å²) < 4.78 is 12.7. The molecule has 18 heavy (non-hydrogen) atoms. The minimum atomic E-state index is -0.453. The van der Waals surface area contributed by atoms with Gasteiger partial charge in [-0.1, -0.05) is 6.92 Å². The van der Waals surface area contributed by atoms with Crippen LogP contribution in [0.25, 0.3) is 0 Å². The highest BCUT2D eigenvalue weighted by atomic mass is 19.1. The Morgan fingerprint density at radius 2 is 2.17 bits per heavy atom. The van der Waals surface area contributed by atoms with Crippen molar-refractivity contribution >= 4 is 5.78 Å². The zero-order valence-corrected chi connectivity index (χ0v) is 10.9. The molecule has 0 bridgehead atoms. The fourth-order valence-corrected chi connectivity index (χ4v) is 1.61. The molecule has 2 unspecified atom stereocenters. The zero-order chi connectivity index (χ0) is 13.7. The number of Topliss-reactive ketones (excluding diaryl/α,β-unsaturated/α-hetero) is 1. The number of halogens is 1. The van der Waals surface area contributed by atoms with E-state index >= 15 is 0 Å². The van der Waals surface area contributed by atoms with E-state index in [0.717, 1.165) is 6.20 Å². The molecule has 0 aliphatic heterocycles. The van der Waals surface area contributed by atoms with Crippen LogP contribution in [-0.2, 0) is 0 Å². The Balaban J connectivity index is 2.64. The Kier molecular flexibility index (Phi) is 5.37. The molecule has 0 saturated heterocycles. The summed E-state index contributed by atoms with van der Waals surface area (Å²) in [5.41, 5.74) is 0.272. The van der Waals surface area contributed by atoms with Crippen molar-refractivity contribution in [1.29, 1.82) is 0 Å². The predicted molar refractivity (Wildman–Crippen MR) is 66.9 cm³/mol. The highest BCUT2D eigenvalue weighted by Crippen LogP contribution is 2.09. The third kappa shape index (κ3) is 3.85. The van der Waals surface area contributed by atoms with Crippen LogP contribution >= 0.6 is 0 Å². The molecule has 0 aliphatic carbocycles. The summed E-state index contributed by atoms with van der Waals surface area (Å²) in [4.78, 5) is 17.7. The maximum atomic E-state index is 12.7. The number of rotatable bonds is 6. The second-order valence-electron chi connectivity index (χ2n) is 4.60. The average Bonchev–Trinajstić information content (AvgIpc) is 2.37. The van der Waals surface area contributed by atoms with Crippen LogP contribution in [-0.4, -0.2) is 47.0 Å². The molecule has 0 spiro atoms. The number of hydrogen-bond donors (Lipinski definition) is 1. The van der Waals surface area contributed by atoms with E-state index < -0.39 is 5.82 Å². The van der Waals surface area contributed by atoms with Gasteiger partial charge in [-0.3, -0.25) is 9.78 Å². The van der Waals surface area contributed by atoms with Gasteiger partial charge in [-0.2, -0.15) is 0 Å². The van der Waals surface area contributed by atoms with E-state index in [0.29, 0.717) is 6.54 Å². The SMILES string of the molecule is CC(CN(C)C(C)CO)C(=O)c1ccc(F)cn1. The van der Waals surface area contributed by atoms with E-state index in [1.807, 2.05) is 18.9 Å². The first-order valence-electron chi connectivity index (χ1n) is 5.92. The van der Waals surface area contributed by atoms with E-state index in [4.69, 9.17) is 5.11 Å². The number of aliphatic hydroxyl groups is 1. The first-order valence-corrected chi connectivity index (χ1v) is 5.92. The first-order chi connectivity index (χ1) is 8.45. The molecule has 1 N–H and O–H groups in total. The van der Waals surface area contributed by atoms with Crippen molar-refractivity contribution in [3.05, 3.63) is 29.8 Å². The monoisotopic (exact) mass is 254 g/mol. The molecule has 0 radical (unpaired) electrons. The lowest BCUT2D eigenvalue weighted by atomic mass is 10.0. The topological polar surface area (TPSA) is 53.4 Å². The number of pyridine rings is 1. The predicted octanol–water partition coefficient (Wildman–Crippen LogP) is 1.35. The van der Waals surface area contributed by atoms with Gasteiger partial charge >= 0.3 is 0 Å². The third-order valence-corrected chi connectivity index (χ3v) is 3.01. The van der Waals surface area contributed by atoms with Gasteiger partial charge in [0.1, 0.15) is 11.5 Å². The van der Waals surface area contributed by atoms with Crippen molar-refractivity contribution in [3.63, 3.8) is 0 Å². The number of nitrogens with zero attached hydrogens (tertiary/aromatic N) is 2. The van der Waals surface area contributed by atoms with Gasteiger partial charge in [-0.15, -0.1) is 0 Å². The number of aromatic nitrogens is 1. The van der Waals surface area contributed by atoms with Crippen LogP contribution in [0.5, 0.6) is 0 Å². The van der Waals surface area contributed by atoms with Gasteiger partial charge in [0, 0.05) is 18.5 Å². The highest BCUT2D eigenvalue weighted by Gasteiger charge is 2.20. The number of hydrogen-bond acceptors (Lipinski definition) is 4. The molecule has 0 aliphatic rings. The Hall–Kier alpha value is -1.33. The smallest absolute Gasteiger partial charge is 0.185 e. The maximum absolute atomic E-state index is 12.7. The minimum Gasteiger partial charge on any atom is -0.395 e. The van der Waals surface area contributed by atoms with E-state index in [1.54, 1.807) is 6.92 Å². The van der Waals surface area contributed by atoms with Crippen LogP contribution in [0.2, 0.25) is 0 Å².